The first-order valence-corrected chi connectivity index (χ1v) is 6.77. The topological polar surface area (TPSA) is 21.3 Å². The third-order valence-electron chi connectivity index (χ3n) is 3.99. The first-order valence-electron chi connectivity index (χ1n) is 6.77. The maximum absolute atomic E-state index is 6.21. The van der Waals surface area contributed by atoms with Crippen molar-refractivity contribution in [3.8, 4) is 5.75 Å². The van der Waals surface area contributed by atoms with Crippen LogP contribution in [0.4, 0.5) is 0 Å². The van der Waals surface area contributed by atoms with Gasteiger partial charge in [0.25, 0.3) is 0 Å². The van der Waals surface area contributed by atoms with Crippen LogP contribution in [0.5, 0.6) is 5.75 Å². The predicted molar refractivity (Wildman–Crippen MR) is 69.6 cm³/mol. The highest BCUT2D eigenvalue weighted by atomic mass is 16.5. The summed E-state index contributed by atoms with van der Waals surface area (Å²) in [6, 6.07) is 6.64. The van der Waals surface area contributed by atoms with Crippen molar-refractivity contribution < 1.29 is 4.74 Å². The van der Waals surface area contributed by atoms with Crippen LogP contribution in [0.1, 0.15) is 37.3 Å². The van der Waals surface area contributed by atoms with Gasteiger partial charge in [-0.15, -0.1) is 0 Å². The van der Waals surface area contributed by atoms with E-state index in [1.54, 1.807) is 0 Å². The summed E-state index contributed by atoms with van der Waals surface area (Å²) in [6.45, 7) is 4.31. The molecular weight excluding hydrogens is 210 g/mol. The Balaban J connectivity index is 1.76. The van der Waals surface area contributed by atoms with Crippen LogP contribution in [0, 0.1) is 0 Å². The molecule has 17 heavy (non-hydrogen) atoms. The maximum atomic E-state index is 6.21. The standard InChI is InChI=1S/C15H21NO/c1-15(8-3-9-16-11-15)17-14-7-6-12-4-2-5-13(12)10-14/h6-7,10,16H,2-5,8-9,11H2,1H3. The van der Waals surface area contributed by atoms with Crippen LogP contribution in [0.25, 0.3) is 0 Å². The van der Waals surface area contributed by atoms with E-state index in [2.05, 4.69) is 30.4 Å². The van der Waals surface area contributed by atoms with Crippen LogP contribution in [0.3, 0.4) is 0 Å². The minimum Gasteiger partial charge on any atom is -0.486 e. The summed E-state index contributed by atoms with van der Waals surface area (Å²) >= 11 is 0. The van der Waals surface area contributed by atoms with Crippen molar-refractivity contribution in [3.05, 3.63) is 29.3 Å². The molecule has 1 aliphatic heterocycles. The molecule has 1 heterocycles. The van der Waals surface area contributed by atoms with E-state index >= 15 is 0 Å². The van der Waals surface area contributed by atoms with E-state index in [9.17, 15) is 0 Å². The second-order valence-corrected chi connectivity index (χ2v) is 5.62. The molecule has 1 unspecified atom stereocenters. The van der Waals surface area contributed by atoms with Gasteiger partial charge >= 0.3 is 0 Å². The molecule has 92 valence electrons. The Hall–Kier alpha value is -1.02. The van der Waals surface area contributed by atoms with Gasteiger partial charge in [-0.3, -0.25) is 0 Å². The minimum atomic E-state index is -0.0227. The monoisotopic (exact) mass is 231 g/mol. The average molecular weight is 231 g/mol. The number of rotatable bonds is 2. The van der Waals surface area contributed by atoms with E-state index in [0.717, 1.165) is 25.3 Å². The summed E-state index contributed by atoms with van der Waals surface area (Å²) in [5.41, 5.74) is 2.99. The third kappa shape index (κ3) is 2.32. The number of hydrogen-bond donors (Lipinski definition) is 1. The number of fused-ring (bicyclic) bond motifs is 1. The minimum absolute atomic E-state index is 0.0227. The lowest BCUT2D eigenvalue weighted by Crippen LogP contribution is -2.47. The summed E-state index contributed by atoms with van der Waals surface area (Å²) in [5, 5.41) is 3.42. The van der Waals surface area contributed by atoms with Crippen LogP contribution >= 0.6 is 0 Å². The molecule has 2 nitrogen and oxygen atoms in total. The van der Waals surface area contributed by atoms with Crippen molar-refractivity contribution in [3.63, 3.8) is 0 Å². The summed E-state index contributed by atoms with van der Waals surface area (Å²) in [6.07, 6.45) is 6.13. The molecule has 0 amide bonds. The Labute approximate surface area is 103 Å². The second kappa shape index (κ2) is 4.34. The molecule has 3 rings (SSSR count). The number of piperidine rings is 1. The van der Waals surface area contributed by atoms with E-state index in [4.69, 9.17) is 4.74 Å². The fourth-order valence-corrected chi connectivity index (χ4v) is 3.01. The highest BCUT2D eigenvalue weighted by Gasteiger charge is 2.28. The fourth-order valence-electron chi connectivity index (χ4n) is 3.01. The lowest BCUT2D eigenvalue weighted by molar-refractivity contribution is 0.0614. The number of aryl methyl sites for hydroxylation is 2. The molecule has 1 aromatic carbocycles. The number of hydrogen-bond acceptors (Lipinski definition) is 2. The summed E-state index contributed by atoms with van der Waals surface area (Å²) in [4.78, 5) is 0. The first kappa shape index (κ1) is 11.1. The molecule has 1 saturated heterocycles. The van der Waals surface area contributed by atoms with Gasteiger partial charge in [-0.25, -0.2) is 0 Å². The van der Waals surface area contributed by atoms with Gasteiger partial charge in [-0.2, -0.15) is 0 Å². The molecule has 0 aromatic heterocycles. The van der Waals surface area contributed by atoms with Crippen molar-refractivity contribution >= 4 is 0 Å². The molecule has 0 radical (unpaired) electrons. The van der Waals surface area contributed by atoms with Crippen molar-refractivity contribution in [1.82, 2.24) is 5.32 Å². The fraction of sp³-hybridized carbons (Fsp3) is 0.600. The Kier molecular flexibility index (Phi) is 2.83. The molecule has 1 aliphatic carbocycles. The highest BCUT2D eigenvalue weighted by molar-refractivity contribution is 5.38. The lowest BCUT2D eigenvalue weighted by atomic mass is 9.96. The Morgan fingerprint density at radius 2 is 2.06 bits per heavy atom. The molecule has 0 spiro atoms. The van der Waals surface area contributed by atoms with Gasteiger partial charge in [0, 0.05) is 6.54 Å². The smallest absolute Gasteiger partial charge is 0.120 e. The zero-order valence-corrected chi connectivity index (χ0v) is 10.6. The normalized spacial score (nSPS) is 27.8. The number of ether oxygens (including phenoxy) is 1. The van der Waals surface area contributed by atoms with Crippen LogP contribution in [-0.4, -0.2) is 18.7 Å². The van der Waals surface area contributed by atoms with Gasteiger partial charge in [-0.05, 0) is 68.8 Å². The van der Waals surface area contributed by atoms with Crippen LogP contribution in [-0.2, 0) is 12.8 Å². The van der Waals surface area contributed by atoms with Gasteiger partial charge in [0.05, 0.1) is 0 Å². The summed E-state index contributed by atoms with van der Waals surface area (Å²) < 4.78 is 6.21. The van der Waals surface area contributed by atoms with E-state index in [-0.39, 0.29) is 5.60 Å². The Morgan fingerprint density at radius 1 is 1.18 bits per heavy atom. The Bertz CT molecular complexity index is 407. The molecular formula is C15H21NO. The van der Waals surface area contributed by atoms with Crippen LogP contribution < -0.4 is 10.1 Å². The van der Waals surface area contributed by atoms with E-state index < -0.39 is 0 Å². The van der Waals surface area contributed by atoms with Crippen molar-refractivity contribution in [1.29, 1.82) is 0 Å². The largest absolute Gasteiger partial charge is 0.486 e. The third-order valence-corrected chi connectivity index (χ3v) is 3.99. The zero-order valence-electron chi connectivity index (χ0n) is 10.6. The lowest BCUT2D eigenvalue weighted by Gasteiger charge is -2.34. The quantitative estimate of drug-likeness (QED) is 0.845. The van der Waals surface area contributed by atoms with Gasteiger partial charge in [0.2, 0.25) is 0 Å². The summed E-state index contributed by atoms with van der Waals surface area (Å²) in [7, 11) is 0. The highest BCUT2D eigenvalue weighted by Crippen LogP contribution is 2.29. The van der Waals surface area contributed by atoms with Gasteiger partial charge in [0.1, 0.15) is 11.4 Å². The average Bonchev–Trinajstić information content (AvgIpc) is 2.76. The molecule has 0 saturated carbocycles. The maximum Gasteiger partial charge on any atom is 0.120 e. The predicted octanol–water partition coefficient (Wildman–Crippen LogP) is 2.70. The molecule has 1 N–H and O–H groups in total. The molecule has 1 atom stereocenters. The van der Waals surface area contributed by atoms with Gasteiger partial charge in [-0.1, -0.05) is 6.07 Å². The van der Waals surface area contributed by atoms with Crippen molar-refractivity contribution in [2.24, 2.45) is 0 Å². The molecule has 1 fully saturated rings. The first-order chi connectivity index (χ1) is 8.25. The van der Waals surface area contributed by atoms with Crippen LogP contribution in [0.2, 0.25) is 0 Å². The zero-order chi connectivity index (χ0) is 11.7. The molecule has 2 heteroatoms. The number of nitrogens with one attached hydrogen (secondary N) is 1. The van der Waals surface area contributed by atoms with Crippen molar-refractivity contribution in [2.75, 3.05) is 13.1 Å². The van der Waals surface area contributed by atoms with Crippen molar-refractivity contribution in [2.45, 2.75) is 44.6 Å². The molecule has 1 aromatic rings. The van der Waals surface area contributed by atoms with Gasteiger partial charge in [0.15, 0.2) is 0 Å². The van der Waals surface area contributed by atoms with E-state index in [0.29, 0.717) is 0 Å². The molecule has 2 aliphatic rings. The van der Waals surface area contributed by atoms with Gasteiger partial charge < -0.3 is 10.1 Å². The van der Waals surface area contributed by atoms with E-state index in [1.807, 2.05) is 0 Å². The SMILES string of the molecule is CC1(Oc2ccc3c(c2)CCC3)CCCNC1. The number of benzene rings is 1. The second-order valence-electron chi connectivity index (χ2n) is 5.62. The summed E-state index contributed by atoms with van der Waals surface area (Å²) in [5.74, 6) is 1.05. The Morgan fingerprint density at radius 3 is 2.88 bits per heavy atom. The van der Waals surface area contributed by atoms with E-state index in [1.165, 1.54) is 36.8 Å². The van der Waals surface area contributed by atoms with Crippen LogP contribution in [0.15, 0.2) is 18.2 Å². The molecule has 0 bridgehead atoms.